The Morgan fingerprint density at radius 1 is 1.21 bits per heavy atom. The zero-order valence-electron chi connectivity index (χ0n) is 17.9. The van der Waals surface area contributed by atoms with Crippen LogP contribution in [0.25, 0.3) is 21.3 Å². The maximum absolute atomic E-state index is 13.1. The van der Waals surface area contributed by atoms with Gasteiger partial charge in [-0.15, -0.1) is 11.3 Å². The van der Waals surface area contributed by atoms with E-state index in [9.17, 15) is 13.2 Å². The van der Waals surface area contributed by atoms with Gasteiger partial charge in [0.1, 0.15) is 5.75 Å². The van der Waals surface area contributed by atoms with Gasteiger partial charge in [-0.25, -0.2) is 13.6 Å². The van der Waals surface area contributed by atoms with Gasteiger partial charge in [-0.1, -0.05) is 11.6 Å². The Hall–Kier alpha value is -2.20. The van der Waals surface area contributed by atoms with Crippen molar-refractivity contribution in [2.45, 2.75) is 38.2 Å². The summed E-state index contributed by atoms with van der Waals surface area (Å²) in [5, 5.41) is 5.75. The van der Waals surface area contributed by atoms with Crippen molar-refractivity contribution in [2.24, 2.45) is 5.14 Å². The van der Waals surface area contributed by atoms with Crippen LogP contribution in [0, 0.1) is 0 Å². The van der Waals surface area contributed by atoms with Gasteiger partial charge < -0.3 is 9.64 Å². The summed E-state index contributed by atoms with van der Waals surface area (Å²) in [7, 11) is -3.55. The van der Waals surface area contributed by atoms with Crippen LogP contribution < -0.4 is 9.88 Å². The maximum atomic E-state index is 13.1. The lowest BCUT2D eigenvalue weighted by atomic mass is 10.0. The molecule has 1 unspecified atom stereocenters. The molecule has 3 aromatic rings. The largest absolute Gasteiger partial charge is 0.479 e. The van der Waals surface area contributed by atoms with Crippen LogP contribution in [0.5, 0.6) is 5.75 Å². The highest BCUT2D eigenvalue weighted by molar-refractivity contribution is 7.89. The second kappa shape index (κ2) is 8.87. The number of hydrogen-bond donors (Lipinski definition) is 1. The molecule has 2 aliphatic rings. The van der Waals surface area contributed by atoms with Crippen LogP contribution in [0.4, 0.5) is 0 Å². The summed E-state index contributed by atoms with van der Waals surface area (Å²) in [6.45, 7) is 1.56. The van der Waals surface area contributed by atoms with E-state index in [2.05, 4.69) is 4.98 Å². The number of nitrogens with zero attached hydrogens (tertiary/aromatic N) is 2. The van der Waals surface area contributed by atoms with Gasteiger partial charge in [-0.05, 0) is 49.9 Å². The molecule has 0 bridgehead atoms. The molecule has 0 spiro atoms. The molecule has 2 N–H and O–H groups in total. The van der Waals surface area contributed by atoms with E-state index in [-0.39, 0.29) is 11.7 Å². The van der Waals surface area contributed by atoms with Crippen molar-refractivity contribution in [3.63, 3.8) is 0 Å². The van der Waals surface area contributed by atoms with Crippen LogP contribution in [0.15, 0.2) is 30.5 Å². The third-order valence-corrected chi connectivity index (χ3v) is 8.33. The first-order valence-electron chi connectivity index (χ1n) is 10.9. The number of hydrogen-bond acceptors (Lipinski definition) is 6. The summed E-state index contributed by atoms with van der Waals surface area (Å²) < 4.78 is 29.9. The molecular formula is C23H24ClN3O4S2. The molecule has 33 heavy (non-hydrogen) atoms. The number of rotatable bonds is 5. The molecule has 5 rings (SSSR count). The lowest BCUT2D eigenvalue weighted by Gasteiger charge is -2.28. The third-order valence-electron chi connectivity index (χ3n) is 6.13. The van der Waals surface area contributed by atoms with Crippen LogP contribution in [0.2, 0.25) is 5.02 Å². The number of thiophene rings is 1. The average Bonchev–Trinajstić information content (AvgIpc) is 3.40. The number of benzene rings is 1. The van der Waals surface area contributed by atoms with E-state index in [4.69, 9.17) is 21.5 Å². The fraction of sp³-hybridized carbons (Fsp3) is 0.391. The molecule has 1 atom stereocenters. The van der Waals surface area contributed by atoms with Crippen molar-refractivity contribution in [1.82, 2.24) is 9.88 Å². The summed E-state index contributed by atoms with van der Waals surface area (Å²) >= 11 is 7.95. The van der Waals surface area contributed by atoms with Crippen LogP contribution in [0.1, 0.15) is 29.7 Å². The number of carbonyl (C=O) groups excluding carboxylic acids is 1. The van der Waals surface area contributed by atoms with Crippen LogP contribution in [-0.2, 0) is 27.7 Å². The van der Waals surface area contributed by atoms with Gasteiger partial charge in [-0.2, -0.15) is 0 Å². The Kier molecular flexibility index (Phi) is 6.07. The van der Waals surface area contributed by atoms with Gasteiger partial charge in [-0.3, -0.25) is 9.78 Å². The Labute approximate surface area is 201 Å². The lowest BCUT2D eigenvalue weighted by Crippen LogP contribution is -2.43. The van der Waals surface area contributed by atoms with Gasteiger partial charge in [0.2, 0.25) is 10.0 Å². The zero-order chi connectivity index (χ0) is 23.2. The van der Waals surface area contributed by atoms with Crippen molar-refractivity contribution in [3.05, 3.63) is 45.9 Å². The minimum atomic E-state index is -3.55. The van der Waals surface area contributed by atoms with Gasteiger partial charge >= 0.3 is 0 Å². The molecule has 7 nitrogen and oxygen atoms in total. The van der Waals surface area contributed by atoms with E-state index in [1.54, 1.807) is 6.20 Å². The van der Waals surface area contributed by atoms with Crippen LogP contribution in [-0.4, -0.2) is 49.2 Å². The second-order valence-corrected chi connectivity index (χ2v) is 11.8. The topological polar surface area (TPSA) is 103 Å². The Balaban J connectivity index is 1.49. The number of likely N-dealkylation sites (tertiary alicyclic amines) is 1. The predicted molar refractivity (Wildman–Crippen MR) is 130 cm³/mol. The van der Waals surface area contributed by atoms with Gasteiger partial charge in [0, 0.05) is 52.3 Å². The number of nitrogens with two attached hydrogens (primary N) is 1. The van der Waals surface area contributed by atoms with Crippen molar-refractivity contribution in [3.8, 4) is 16.9 Å². The van der Waals surface area contributed by atoms with E-state index in [1.165, 1.54) is 11.3 Å². The molecule has 0 radical (unpaired) electrons. The van der Waals surface area contributed by atoms with E-state index >= 15 is 0 Å². The van der Waals surface area contributed by atoms with Crippen molar-refractivity contribution < 1.29 is 17.9 Å². The van der Waals surface area contributed by atoms with Crippen LogP contribution in [0.3, 0.4) is 0 Å². The number of pyridine rings is 1. The first kappa shape index (κ1) is 22.6. The molecule has 4 heterocycles. The molecule has 0 saturated carbocycles. The highest BCUT2D eigenvalue weighted by Crippen LogP contribution is 2.44. The molecule has 0 aliphatic carbocycles. The van der Waals surface area contributed by atoms with Gasteiger partial charge in [0.05, 0.1) is 16.0 Å². The summed E-state index contributed by atoms with van der Waals surface area (Å²) in [5.41, 5.74) is 3.41. The van der Waals surface area contributed by atoms with Crippen molar-refractivity contribution in [2.75, 3.05) is 18.8 Å². The molecule has 10 heteroatoms. The molecule has 1 saturated heterocycles. The molecule has 2 aliphatic heterocycles. The molecule has 1 fully saturated rings. The van der Waals surface area contributed by atoms with E-state index in [0.717, 1.165) is 64.1 Å². The van der Waals surface area contributed by atoms with Gasteiger partial charge in [0.15, 0.2) is 6.10 Å². The summed E-state index contributed by atoms with van der Waals surface area (Å²) in [5.74, 6) is 0.599. The van der Waals surface area contributed by atoms with Crippen molar-refractivity contribution in [1.29, 1.82) is 0 Å². The smallest absolute Gasteiger partial charge is 0.263 e. The quantitative estimate of drug-likeness (QED) is 0.568. The maximum Gasteiger partial charge on any atom is 0.263 e. The number of fused-ring (bicyclic) bond motifs is 2. The average molecular weight is 506 g/mol. The Morgan fingerprint density at radius 2 is 2.00 bits per heavy atom. The third kappa shape index (κ3) is 4.73. The number of primary sulfonamides is 1. The summed E-state index contributed by atoms with van der Waals surface area (Å²) in [4.78, 5) is 20.3. The molecule has 174 valence electrons. The van der Waals surface area contributed by atoms with Crippen molar-refractivity contribution >= 4 is 49.1 Å². The number of carbonyl (C=O) groups is 1. The molecular weight excluding hydrogens is 482 g/mol. The van der Waals surface area contributed by atoms with Gasteiger partial charge in [0.25, 0.3) is 5.91 Å². The fourth-order valence-electron chi connectivity index (χ4n) is 4.55. The molecule has 1 amide bonds. The van der Waals surface area contributed by atoms with Crippen LogP contribution >= 0.6 is 22.9 Å². The SMILES string of the molecule is NS(=O)(=O)CCc1cc2nccc(-c3cc(Cl)cc4c3OC(C(=O)N3CCCCC3)C4)c2s1. The van der Waals surface area contributed by atoms with E-state index < -0.39 is 16.1 Å². The number of amides is 1. The van der Waals surface area contributed by atoms with E-state index in [1.807, 2.05) is 29.2 Å². The fourth-order valence-corrected chi connectivity index (χ4v) is 6.56. The molecule has 1 aromatic carbocycles. The number of piperidine rings is 1. The lowest BCUT2D eigenvalue weighted by molar-refractivity contribution is -0.138. The first-order chi connectivity index (χ1) is 15.8. The zero-order valence-corrected chi connectivity index (χ0v) is 20.3. The van der Waals surface area contributed by atoms with E-state index in [0.29, 0.717) is 23.6 Å². The Morgan fingerprint density at radius 3 is 2.76 bits per heavy atom. The number of aryl methyl sites for hydroxylation is 1. The highest BCUT2D eigenvalue weighted by Gasteiger charge is 2.35. The first-order valence-corrected chi connectivity index (χ1v) is 13.9. The normalized spacial score (nSPS) is 18.4. The monoisotopic (exact) mass is 505 g/mol. The standard InChI is InChI=1S/C23H24ClN3O4S2/c24-15-10-14-11-20(23(28)27-7-2-1-3-8-27)31-21(14)18(12-15)17-4-6-26-19-13-16(32-22(17)19)5-9-33(25,29)30/h4,6,10,12-13,20H,1-3,5,7-9,11H2,(H2,25,29,30). The molecule has 2 aromatic heterocycles. The second-order valence-electron chi connectivity index (χ2n) is 8.54. The number of halogens is 1. The Bertz CT molecular complexity index is 1330. The number of sulfonamides is 1. The number of ether oxygens (including phenoxy) is 1. The summed E-state index contributed by atoms with van der Waals surface area (Å²) in [6.07, 6.45) is 5.22. The number of aromatic nitrogens is 1. The minimum absolute atomic E-state index is 0.0363. The summed E-state index contributed by atoms with van der Waals surface area (Å²) in [6, 6.07) is 7.52. The minimum Gasteiger partial charge on any atom is -0.479 e. The predicted octanol–water partition coefficient (Wildman–Crippen LogP) is 3.76. The highest BCUT2D eigenvalue weighted by atomic mass is 35.5.